The molecule has 4 heteroatoms. The van der Waals surface area contributed by atoms with E-state index >= 15 is 0 Å². The van der Waals surface area contributed by atoms with Crippen molar-refractivity contribution in [1.82, 2.24) is 0 Å². The maximum absolute atomic E-state index is 12.4. The Labute approximate surface area is 134 Å². The Balaban J connectivity index is 1.88. The predicted octanol–water partition coefficient (Wildman–Crippen LogP) is 3.93. The molecule has 1 aliphatic heterocycles. The molecule has 0 saturated heterocycles. The molecule has 0 aliphatic carbocycles. The first-order valence-electron chi connectivity index (χ1n) is 7.42. The topological polar surface area (TPSA) is 52.6 Å². The Hall–Kier alpha value is -2.88. The lowest BCUT2D eigenvalue weighted by Crippen LogP contribution is -2.05. The maximum Gasteiger partial charge on any atom is 0.310 e. The lowest BCUT2D eigenvalue weighted by atomic mass is 10.1. The van der Waals surface area contributed by atoms with E-state index in [0.717, 1.165) is 11.1 Å². The molecule has 4 nitrogen and oxygen atoms in total. The smallest absolute Gasteiger partial charge is 0.310 e. The minimum atomic E-state index is -0.329. The van der Waals surface area contributed by atoms with Crippen LogP contribution < -0.4 is 9.47 Å². The van der Waals surface area contributed by atoms with Gasteiger partial charge in [-0.1, -0.05) is 36.8 Å². The quantitative estimate of drug-likeness (QED) is 0.490. The van der Waals surface area contributed by atoms with Gasteiger partial charge >= 0.3 is 5.97 Å². The van der Waals surface area contributed by atoms with Crippen LogP contribution in [0.25, 0.3) is 6.08 Å². The summed E-state index contributed by atoms with van der Waals surface area (Å²) < 4.78 is 10.8. The normalized spacial score (nSPS) is 14.5. The summed E-state index contributed by atoms with van der Waals surface area (Å²) in [6.07, 6.45) is 2.00. The number of carbonyl (C=O) groups is 2. The van der Waals surface area contributed by atoms with Crippen molar-refractivity contribution in [2.75, 3.05) is 0 Å². The number of aryl methyl sites for hydroxylation is 1. The zero-order chi connectivity index (χ0) is 16.4. The molecule has 0 unspecified atom stereocenters. The van der Waals surface area contributed by atoms with Crippen LogP contribution in [0.2, 0.25) is 0 Å². The zero-order valence-electron chi connectivity index (χ0n) is 13.0. The molecule has 0 spiro atoms. The lowest BCUT2D eigenvalue weighted by molar-refractivity contribution is -0.134. The monoisotopic (exact) mass is 308 g/mol. The van der Waals surface area contributed by atoms with E-state index in [2.05, 4.69) is 0 Å². The molecule has 1 aliphatic rings. The van der Waals surface area contributed by atoms with E-state index in [1.807, 2.05) is 31.2 Å². The second-order valence-corrected chi connectivity index (χ2v) is 5.34. The fraction of sp³-hybridized carbons (Fsp3) is 0.158. The standard InChI is InChI=1S/C19H16O4/c1-3-18(20)22-14-7-8-15-16(11-14)23-17(19(15)21)10-13-6-4-5-12(2)9-13/h4-11H,3H2,1-2H3/b17-10-. The third kappa shape index (κ3) is 3.16. The van der Waals surface area contributed by atoms with Crippen molar-refractivity contribution in [3.8, 4) is 11.5 Å². The molecule has 2 aromatic rings. The predicted molar refractivity (Wildman–Crippen MR) is 86.5 cm³/mol. The summed E-state index contributed by atoms with van der Waals surface area (Å²) in [5, 5.41) is 0. The number of carbonyl (C=O) groups excluding carboxylic acids is 2. The molecule has 0 radical (unpaired) electrons. The second kappa shape index (κ2) is 6.08. The molecule has 1 heterocycles. The fourth-order valence-electron chi connectivity index (χ4n) is 2.35. The molecular formula is C19H16O4. The van der Waals surface area contributed by atoms with Crippen molar-refractivity contribution in [3.05, 3.63) is 64.9 Å². The summed E-state index contributed by atoms with van der Waals surface area (Å²) in [6, 6.07) is 12.6. The van der Waals surface area contributed by atoms with Gasteiger partial charge in [0.1, 0.15) is 11.5 Å². The van der Waals surface area contributed by atoms with Gasteiger partial charge in [-0.2, -0.15) is 0 Å². The molecule has 23 heavy (non-hydrogen) atoms. The lowest BCUT2D eigenvalue weighted by Gasteiger charge is -2.04. The molecule has 0 atom stereocenters. The van der Waals surface area contributed by atoms with Gasteiger partial charge in [0.2, 0.25) is 5.78 Å². The van der Waals surface area contributed by atoms with Crippen LogP contribution in [-0.2, 0) is 4.79 Å². The van der Waals surface area contributed by atoms with Crippen molar-refractivity contribution in [2.24, 2.45) is 0 Å². The van der Waals surface area contributed by atoms with Gasteiger partial charge in [0.05, 0.1) is 5.56 Å². The van der Waals surface area contributed by atoms with Crippen molar-refractivity contribution in [1.29, 1.82) is 0 Å². The molecule has 2 aromatic carbocycles. The van der Waals surface area contributed by atoms with Crippen molar-refractivity contribution in [3.63, 3.8) is 0 Å². The van der Waals surface area contributed by atoms with Crippen LogP contribution in [0.1, 0.15) is 34.8 Å². The number of Topliss-reactive ketones (excluding diaryl/α,β-unsaturated/α-hetero) is 1. The number of hydrogen-bond donors (Lipinski definition) is 0. The first kappa shape index (κ1) is 15.0. The Kier molecular flexibility index (Phi) is 3.98. The molecule has 3 rings (SSSR count). The average Bonchev–Trinajstić information content (AvgIpc) is 2.83. The first-order valence-corrected chi connectivity index (χ1v) is 7.42. The molecular weight excluding hydrogens is 292 g/mol. The molecule has 0 aromatic heterocycles. The van der Waals surface area contributed by atoms with Crippen LogP contribution in [0.15, 0.2) is 48.2 Å². The summed E-state index contributed by atoms with van der Waals surface area (Å²) in [5.74, 6) is 0.555. The van der Waals surface area contributed by atoms with Gasteiger partial charge < -0.3 is 9.47 Å². The number of esters is 1. The summed E-state index contributed by atoms with van der Waals surface area (Å²) in [7, 11) is 0. The highest BCUT2D eigenvalue weighted by atomic mass is 16.5. The van der Waals surface area contributed by atoms with Crippen molar-refractivity contribution < 1.29 is 19.1 Å². The van der Waals surface area contributed by atoms with Gasteiger partial charge in [0, 0.05) is 12.5 Å². The number of rotatable bonds is 3. The molecule has 0 fully saturated rings. The highest BCUT2D eigenvalue weighted by molar-refractivity contribution is 6.14. The summed E-state index contributed by atoms with van der Waals surface area (Å²) in [6.45, 7) is 3.71. The third-order valence-electron chi connectivity index (χ3n) is 3.50. The molecule has 0 amide bonds. The second-order valence-electron chi connectivity index (χ2n) is 5.34. The van der Waals surface area contributed by atoms with Gasteiger partial charge in [0.15, 0.2) is 5.76 Å². The Morgan fingerprint density at radius 1 is 1.22 bits per heavy atom. The highest BCUT2D eigenvalue weighted by Gasteiger charge is 2.27. The third-order valence-corrected chi connectivity index (χ3v) is 3.50. The minimum Gasteiger partial charge on any atom is -0.452 e. The van der Waals surface area contributed by atoms with Crippen molar-refractivity contribution >= 4 is 17.8 Å². The number of fused-ring (bicyclic) bond motifs is 1. The van der Waals surface area contributed by atoms with Crippen LogP contribution in [0.4, 0.5) is 0 Å². The van der Waals surface area contributed by atoms with Gasteiger partial charge in [-0.25, -0.2) is 0 Å². The SMILES string of the molecule is CCC(=O)Oc1ccc2c(c1)O/C(=C\c1cccc(C)c1)C2=O. The van der Waals surface area contributed by atoms with Gasteiger partial charge in [-0.3, -0.25) is 9.59 Å². The zero-order valence-corrected chi connectivity index (χ0v) is 13.0. The summed E-state index contributed by atoms with van der Waals surface area (Å²) in [4.78, 5) is 23.7. The van der Waals surface area contributed by atoms with E-state index in [4.69, 9.17) is 9.47 Å². The molecule has 116 valence electrons. The van der Waals surface area contributed by atoms with E-state index in [-0.39, 0.29) is 23.9 Å². The minimum absolute atomic E-state index is 0.171. The van der Waals surface area contributed by atoms with Gasteiger partial charge in [-0.15, -0.1) is 0 Å². The average molecular weight is 308 g/mol. The van der Waals surface area contributed by atoms with Gasteiger partial charge in [0.25, 0.3) is 0 Å². The van der Waals surface area contributed by atoms with E-state index in [1.54, 1.807) is 31.2 Å². The van der Waals surface area contributed by atoms with E-state index < -0.39 is 0 Å². The number of ketones is 1. The Bertz CT molecular complexity index is 818. The van der Waals surface area contributed by atoms with Crippen LogP contribution in [0.3, 0.4) is 0 Å². The van der Waals surface area contributed by atoms with Gasteiger partial charge in [-0.05, 0) is 30.7 Å². The van der Waals surface area contributed by atoms with E-state index in [9.17, 15) is 9.59 Å². The number of benzene rings is 2. The Morgan fingerprint density at radius 2 is 2.04 bits per heavy atom. The van der Waals surface area contributed by atoms with Crippen molar-refractivity contribution in [2.45, 2.75) is 20.3 Å². The summed E-state index contributed by atoms with van der Waals surface area (Å²) >= 11 is 0. The number of allylic oxidation sites excluding steroid dienone is 1. The summed E-state index contributed by atoms with van der Waals surface area (Å²) in [5.41, 5.74) is 2.48. The van der Waals surface area contributed by atoms with E-state index in [1.165, 1.54) is 0 Å². The molecule has 0 N–H and O–H groups in total. The maximum atomic E-state index is 12.4. The molecule has 0 saturated carbocycles. The van der Waals surface area contributed by atoms with Crippen LogP contribution in [0.5, 0.6) is 11.5 Å². The van der Waals surface area contributed by atoms with Crippen LogP contribution in [-0.4, -0.2) is 11.8 Å². The first-order chi connectivity index (χ1) is 11.1. The highest BCUT2D eigenvalue weighted by Crippen LogP contribution is 2.35. The van der Waals surface area contributed by atoms with Crippen LogP contribution in [0, 0.1) is 6.92 Å². The molecule has 0 bridgehead atoms. The van der Waals surface area contributed by atoms with E-state index in [0.29, 0.717) is 17.1 Å². The fourth-order valence-corrected chi connectivity index (χ4v) is 2.35. The number of ether oxygens (including phenoxy) is 2. The van der Waals surface area contributed by atoms with Crippen LogP contribution >= 0.6 is 0 Å². The largest absolute Gasteiger partial charge is 0.452 e. The Morgan fingerprint density at radius 3 is 2.78 bits per heavy atom. The number of hydrogen-bond acceptors (Lipinski definition) is 4.